The highest BCUT2D eigenvalue weighted by molar-refractivity contribution is 6.13. The Balaban J connectivity index is 1.47. The Morgan fingerprint density at radius 2 is 1.39 bits per heavy atom. The zero-order chi connectivity index (χ0) is 20.9. The van der Waals surface area contributed by atoms with Crippen molar-refractivity contribution < 1.29 is 0 Å². The van der Waals surface area contributed by atoms with Crippen LogP contribution in [0, 0.1) is 0 Å². The molecule has 0 atom stereocenters. The third kappa shape index (κ3) is 4.19. The molecule has 0 radical (unpaired) electrons. The van der Waals surface area contributed by atoms with Crippen LogP contribution in [0.15, 0.2) is 108 Å². The van der Waals surface area contributed by atoms with E-state index < -0.39 is 0 Å². The summed E-state index contributed by atoms with van der Waals surface area (Å²) in [6, 6.07) is 33.2. The molecule has 4 aromatic rings. The van der Waals surface area contributed by atoms with Crippen molar-refractivity contribution in [2.45, 2.75) is 13.0 Å². The zero-order valence-corrected chi connectivity index (χ0v) is 17.3. The van der Waals surface area contributed by atoms with Crippen LogP contribution in [-0.2, 0) is 13.0 Å². The van der Waals surface area contributed by atoms with Crippen LogP contribution in [0.2, 0.25) is 0 Å². The fraction of sp³-hybridized carbons (Fsp3) is 0.111. The van der Waals surface area contributed by atoms with Gasteiger partial charge >= 0.3 is 0 Å². The fourth-order valence-corrected chi connectivity index (χ4v) is 4.02. The monoisotopic (exact) mass is 404 g/mol. The van der Waals surface area contributed by atoms with E-state index in [1.54, 1.807) is 0 Å². The summed E-state index contributed by atoms with van der Waals surface area (Å²) in [6.07, 6.45) is 2.87. The van der Waals surface area contributed by atoms with Crippen LogP contribution in [0.3, 0.4) is 0 Å². The number of hydrogen-bond donors (Lipinski definition) is 1. The van der Waals surface area contributed by atoms with Gasteiger partial charge in [0, 0.05) is 30.4 Å². The number of benzene rings is 3. The highest BCUT2D eigenvalue weighted by Gasteiger charge is 2.19. The molecule has 0 aliphatic carbocycles. The molecule has 31 heavy (non-hydrogen) atoms. The summed E-state index contributed by atoms with van der Waals surface area (Å²) in [4.78, 5) is 7.02. The van der Waals surface area contributed by atoms with Gasteiger partial charge in [0.1, 0.15) is 0 Å². The second kappa shape index (κ2) is 8.84. The lowest BCUT2D eigenvalue weighted by Crippen LogP contribution is -2.31. The SMILES string of the molecule is c1ccc(C(=NNc2cccnc2N2CCc3ccccc3C2)c2ccccc2)cc1. The lowest BCUT2D eigenvalue weighted by atomic mass is 10.00. The molecule has 1 aliphatic rings. The maximum absolute atomic E-state index is 4.83. The number of aromatic nitrogens is 1. The number of anilines is 2. The highest BCUT2D eigenvalue weighted by atomic mass is 15.3. The Morgan fingerprint density at radius 1 is 0.742 bits per heavy atom. The van der Waals surface area contributed by atoms with Crippen molar-refractivity contribution in [3.05, 3.63) is 126 Å². The molecular formula is C27H24N4. The maximum atomic E-state index is 4.83. The minimum absolute atomic E-state index is 0.857. The minimum Gasteiger partial charge on any atom is -0.350 e. The molecule has 0 saturated carbocycles. The Hall–Kier alpha value is -3.92. The summed E-state index contributed by atoms with van der Waals surface area (Å²) >= 11 is 0. The van der Waals surface area contributed by atoms with Gasteiger partial charge in [0.25, 0.3) is 0 Å². The molecule has 1 aromatic heterocycles. The molecule has 0 saturated heterocycles. The first-order valence-electron chi connectivity index (χ1n) is 10.6. The molecule has 0 amide bonds. The number of nitrogens with one attached hydrogen (secondary N) is 1. The lowest BCUT2D eigenvalue weighted by molar-refractivity contribution is 0.721. The molecule has 1 N–H and O–H groups in total. The van der Waals surface area contributed by atoms with Gasteiger partial charge in [-0.2, -0.15) is 5.10 Å². The van der Waals surface area contributed by atoms with Crippen LogP contribution in [0.25, 0.3) is 0 Å². The third-order valence-corrected chi connectivity index (χ3v) is 5.60. The molecule has 2 heterocycles. The van der Waals surface area contributed by atoms with Crippen LogP contribution < -0.4 is 10.3 Å². The smallest absolute Gasteiger partial charge is 0.154 e. The Labute approximate surface area is 182 Å². The van der Waals surface area contributed by atoms with Crippen LogP contribution >= 0.6 is 0 Å². The molecule has 1 aliphatic heterocycles. The van der Waals surface area contributed by atoms with Crippen molar-refractivity contribution in [1.82, 2.24) is 4.98 Å². The van der Waals surface area contributed by atoms with Crippen molar-refractivity contribution in [2.75, 3.05) is 16.9 Å². The summed E-state index contributed by atoms with van der Waals surface area (Å²) in [5.41, 5.74) is 10.1. The normalized spacial score (nSPS) is 12.7. The first-order chi connectivity index (χ1) is 15.4. The Kier molecular flexibility index (Phi) is 5.44. The molecule has 5 rings (SSSR count). The summed E-state index contributed by atoms with van der Waals surface area (Å²) in [6.45, 7) is 1.80. The van der Waals surface area contributed by atoms with Gasteiger partial charge in [0.2, 0.25) is 0 Å². The van der Waals surface area contributed by atoms with E-state index in [2.05, 4.69) is 58.9 Å². The van der Waals surface area contributed by atoms with Gasteiger partial charge in [0.05, 0.1) is 11.4 Å². The van der Waals surface area contributed by atoms with Crippen molar-refractivity contribution in [1.29, 1.82) is 0 Å². The van der Waals surface area contributed by atoms with E-state index in [-0.39, 0.29) is 0 Å². The number of nitrogens with zero attached hydrogens (tertiary/aromatic N) is 3. The highest BCUT2D eigenvalue weighted by Crippen LogP contribution is 2.28. The van der Waals surface area contributed by atoms with E-state index >= 15 is 0 Å². The van der Waals surface area contributed by atoms with Crippen molar-refractivity contribution in [3.63, 3.8) is 0 Å². The zero-order valence-electron chi connectivity index (χ0n) is 17.3. The number of pyridine rings is 1. The van der Waals surface area contributed by atoms with Crippen molar-refractivity contribution in [2.24, 2.45) is 5.10 Å². The maximum Gasteiger partial charge on any atom is 0.154 e. The van der Waals surface area contributed by atoms with Crippen LogP contribution in [0.5, 0.6) is 0 Å². The average Bonchev–Trinajstić information content (AvgIpc) is 2.85. The molecule has 4 heteroatoms. The molecule has 0 bridgehead atoms. The second-order valence-electron chi connectivity index (χ2n) is 7.62. The summed E-state index contributed by atoms with van der Waals surface area (Å²) in [5, 5.41) is 4.83. The van der Waals surface area contributed by atoms with E-state index in [0.717, 1.165) is 47.9 Å². The standard InChI is InChI=1S/C27H24N4/c1-3-11-22(12-4-1)26(23-13-5-2-6-14-23)30-29-25-16-9-18-28-27(25)31-19-17-21-10-7-8-15-24(21)20-31/h1-16,18,29H,17,19-20H2. The van der Waals surface area contributed by atoms with E-state index in [1.165, 1.54) is 11.1 Å². The van der Waals surface area contributed by atoms with Crippen molar-refractivity contribution >= 4 is 17.2 Å². The topological polar surface area (TPSA) is 40.5 Å². The van der Waals surface area contributed by atoms with Gasteiger partial charge in [-0.3, -0.25) is 5.43 Å². The van der Waals surface area contributed by atoms with Gasteiger partial charge in [0.15, 0.2) is 5.82 Å². The minimum atomic E-state index is 0.857. The summed E-state index contributed by atoms with van der Waals surface area (Å²) in [7, 11) is 0. The Bertz CT molecular complexity index is 1140. The third-order valence-electron chi connectivity index (χ3n) is 5.60. The largest absolute Gasteiger partial charge is 0.350 e. The fourth-order valence-electron chi connectivity index (χ4n) is 4.02. The van der Waals surface area contributed by atoms with E-state index in [9.17, 15) is 0 Å². The van der Waals surface area contributed by atoms with Gasteiger partial charge in [-0.05, 0) is 29.7 Å². The molecule has 152 valence electrons. The van der Waals surface area contributed by atoms with E-state index in [4.69, 9.17) is 10.1 Å². The van der Waals surface area contributed by atoms with Gasteiger partial charge in [-0.15, -0.1) is 0 Å². The Morgan fingerprint density at radius 3 is 2.10 bits per heavy atom. The first kappa shape index (κ1) is 19.1. The number of fused-ring (bicyclic) bond motifs is 1. The molecule has 0 fully saturated rings. The molecule has 4 nitrogen and oxygen atoms in total. The second-order valence-corrected chi connectivity index (χ2v) is 7.62. The van der Waals surface area contributed by atoms with Gasteiger partial charge in [-0.25, -0.2) is 4.98 Å². The molecule has 3 aromatic carbocycles. The molecular weight excluding hydrogens is 380 g/mol. The van der Waals surface area contributed by atoms with Crippen LogP contribution in [-0.4, -0.2) is 17.2 Å². The molecule has 0 unspecified atom stereocenters. The average molecular weight is 405 g/mol. The van der Waals surface area contributed by atoms with Crippen LogP contribution in [0.4, 0.5) is 11.5 Å². The van der Waals surface area contributed by atoms with Crippen LogP contribution in [0.1, 0.15) is 22.3 Å². The first-order valence-corrected chi connectivity index (χ1v) is 10.6. The number of hydrazone groups is 1. The number of hydrogen-bond acceptors (Lipinski definition) is 4. The lowest BCUT2D eigenvalue weighted by Gasteiger charge is -2.30. The predicted octanol–water partition coefficient (Wildman–Crippen LogP) is 5.51. The summed E-state index contributed by atoms with van der Waals surface area (Å²) < 4.78 is 0. The van der Waals surface area contributed by atoms with Crippen molar-refractivity contribution in [3.8, 4) is 0 Å². The summed E-state index contributed by atoms with van der Waals surface area (Å²) in [5.74, 6) is 0.932. The number of rotatable bonds is 5. The van der Waals surface area contributed by atoms with Gasteiger partial charge < -0.3 is 4.90 Å². The quantitative estimate of drug-likeness (QED) is 0.352. The van der Waals surface area contributed by atoms with E-state index in [1.807, 2.05) is 54.7 Å². The predicted molar refractivity (Wildman–Crippen MR) is 128 cm³/mol. The molecule has 0 spiro atoms. The van der Waals surface area contributed by atoms with Gasteiger partial charge in [-0.1, -0.05) is 84.9 Å². The van der Waals surface area contributed by atoms with E-state index in [0.29, 0.717) is 0 Å².